The van der Waals surface area contributed by atoms with E-state index in [9.17, 15) is 4.79 Å². The number of H-pyrrole nitrogens is 1. The van der Waals surface area contributed by atoms with Gasteiger partial charge in [0.05, 0.1) is 15.9 Å². The Hall–Kier alpha value is -1.62. The number of hydrogen-bond acceptors (Lipinski definition) is 3. The summed E-state index contributed by atoms with van der Waals surface area (Å²) in [6, 6.07) is 8.93. The fourth-order valence-electron chi connectivity index (χ4n) is 1.95. The zero-order chi connectivity index (χ0) is 15.0. The first-order valence-corrected chi connectivity index (χ1v) is 7.74. The Kier molecular flexibility index (Phi) is 3.85. The molecule has 0 fully saturated rings. The van der Waals surface area contributed by atoms with Gasteiger partial charge in [-0.25, -0.2) is 4.98 Å². The lowest BCUT2D eigenvalue weighted by molar-refractivity contribution is 1.14. The van der Waals surface area contributed by atoms with Gasteiger partial charge in [-0.15, -0.1) is 11.3 Å². The van der Waals surface area contributed by atoms with E-state index in [1.165, 1.54) is 4.88 Å². The minimum atomic E-state index is -0.236. The van der Waals surface area contributed by atoms with Crippen LogP contribution in [0.5, 0.6) is 0 Å². The number of aromatic nitrogens is 2. The molecule has 0 atom stereocenters. The van der Waals surface area contributed by atoms with Crippen molar-refractivity contribution in [3.63, 3.8) is 0 Å². The second kappa shape index (κ2) is 5.64. The summed E-state index contributed by atoms with van der Waals surface area (Å²) in [6.45, 7) is 2.02. The van der Waals surface area contributed by atoms with Gasteiger partial charge in [-0.2, -0.15) is 0 Å². The quantitative estimate of drug-likeness (QED) is 0.738. The highest BCUT2D eigenvalue weighted by molar-refractivity contribution is 7.12. The first kappa shape index (κ1) is 14.3. The lowest BCUT2D eigenvalue weighted by Gasteiger charge is -2.02. The molecular weight excluding hydrogens is 327 g/mol. The molecule has 106 valence electrons. The molecule has 1 aromatic carbocycles. The van der Waals surface area contributed by atoms with Crippen molar-refractivity contribution in [2.24, 2.45) is 0 Å². The predicted molar refractivity (Wildman–Crippen MR) is 90.2 cm³/mol. The van der Waals surface area contributed by atoms with Crippen LogP contribution in [0, 0.1) is 6.92 Å². The molecule has 3 nitrogen and oxygen atoms in total. The maximum atomic E-state index is 12.0. The Morgan fingerprint density at radius 1 is 1.33 bits per heavy atom. The van der Waals surface area contributed by atoms with Gasteiger partial charge in [-0.05, 0) is 43.3 Å². The number of nitrogens with one attached hydrogen (secondary N) is 1. The van der Waals surface area contributed by atoms with E-state index < -0.39 is 0 Å². The van der Waals surface area contributed by atoms with E-state index in [1.54, 1.807) is 35.6 Å². The van der Waals surface area contributed by atoms with Gasteiger partial charge in [0.25, 0.3) is 5.56 Å². The molecule has 0 aliphatic carbocycles. The van der Waals surface area contributed by atoms with Crippen molar-refractivity contribution in [3.8, 4) is 0 Å². The standard InChI is InChI=1S/C15H10Cl2N2OS/c1-8-2-4-10(21-8)7-12(17)14-18-13-6-9(16)3-5-11(13)15(20)19-14/h2-7H,1H3,(H,18,19,20). The minimum Gasteiger partial charge on any atom is -0.305 e. The number of thiophene rings is 1. The van der Waals surface area contributed by atoms with Crippen molar-refractivity contribution in [1.82, 2.24) is 9.97 Å². The van der Waals surface area contributed by atoms with Crippen LogP contribution in [0.15, 0.2) is 35.1 Å². The molecule has 2 aromatic heterocycles. The van der Waals surface area contributed by atoms with Gasteiger partial charge >= 0.3 is 0 Å². The van der Waals surface area contributed by atoms with Crippen molar-refractivity contribution in [2.75, 3.05) is 0 Å². The van der Waals surface area contributed by atoms with E-state index >= 15 is 0 Å². The van der Waals surface area contributed by atoms with Crippen LogP contribution in [0.3, 0.4) is 0 Å². The summed E-state index contributed by atoms with van der Waals surface area (Å²) in [6.07, 6.45) is 1.79. The van der Waals surface area contributed by atoms with E-state index in [-0.39, 0.29) is 5.56 Å². The topological polar surface area (TPSA) is 45.8 Å². The Labute approximate surface area is 134 Å². The molecule has 0 spiro atoms. The number of rotatable bonds is 2. The highest BCUT2D eigenvalue weighted by Crippen LogP contribution is 2.24. The molecule has 2 heterocycles. The van der Waals surface area contributed by atoms with Crippen LogP contribution in [0.25, 0.3) is 22.0 Å². The highest BCUT2D eigenvalue weighted by Gasteiger charge is 2.08. The van der Waals surface area contributed by atoms with Crippen molar-refractivity contribution < 1.29 is 0 Å². The third-order valence-corrected chi connectivity index (χ3v) is 4.40. The van der Waals surface area contributed by atoms with Crippen molar-refractivity contribution in [3.05, 3.63) is 61.3 Å². The van der Waals surface area contributed by atoms with Crippen molar-refractivity contribution >= 4 is 56.5 Å². The van der Waals surface area contributed by atoms with E-state index in [1.807, 2.05) is 19.1 Å². The number of benzene rings is 1. The molecule has 0 saturated carbocycles. The van der Waals surface area contributed by atoms with E-state index in [0.717, 1.165) is 4.88 Å². The normalized spacial score (nSPS) is 12.0. The van der Waals surface area contributed by atoms with Crippen LogP contribution in [-0.4, -0.2) is 9.97 Å². The molecule has 0 bridgehead atoms. The summed E-state index contributed by atoms with van der Waals surface area (Å²) in [5.41, 5.74) is 0.288. The third kappa shape index (κ3) is 3.02. The number of halogens is 2. The average molecular weight is 337 g/mol. The first-order chi connectivity index (χ1) is 10.0. The fraction of sp³-hybridized carbons (Fsp3) is 0.0667. The Bertz CT molecular complexity index is 911. The van der Waals surface area contributed by atoms with Gasteiger partial charge < -0.3 is 4.98 Å². The third-order valence-electron chi connectivity index (χ3n) is 2.92. The predicted octanol–water partition coefficient (Wildman–Crippen LogP) is 4.68. The largest absolute Gasteiger partial charge is 0.305 e. The highest BCUT2D eigenvalue weighted by atomic mass is 35.5. The van der Waals surface area contributed by atoms with Crippen LogP contribution >= 0.6 is 34.5 Å². The average Bonchev–Trinajstić information content (AvgIpc) is 2.83. The zero-order valence-corrected chi connectivity index (χ0v) is 13.3. The summed E-state index contributed by atoms with van der Waals surface area (Å²) in [4.78, 5) is 21.3. The lowest BCUT2D eigenvalue weighted by atomic mass is 10.2. The summed E-state index contributed by atoms with van der Waals surface area (Å²) in [5.74, 6) is 0.336. The molecule has 21 heavy (non-hydrogen) atoms. The molecule has 0 unspecified atom stereocenters. The monoisotopic (exact) mass is 336 g/mol. The SMILES string of the molecule is Cc1ccc(C=C(Cl)c2nc3cc(Cl)ccc3c(=O)[nH]2)s1. The minimum absolute atomic E-state index is 0.236. The van der Waals surface area contributed by atoms with Gasteiger partial charge in [0.2, 0.25) is 0 Å². The van der Waals surface area contributed by atoms with Gasteiger partial charge in [0.15, 0.2) is 5.82 Å². The number of nitrogens with zero attached hydrogens (tertiary/aromatic N) is 1. The molecular formula is C15H10Cl2N2OS. The number of fused-ring (bicyclic) bond motifs is 1. The number of aryl methyl sites for hydroxylation is 1. The van der Waals surface area contributed by atoms with Crippen LogP contribution in [0.2, 0.25) is 5.02 Å². The van der Waals surface area contributed by atoms with E-state index in [2.05, 4.69) is 9.97 Å². The van der Waals surface area contributed by atoms with Gasteiger partial charge in [0, 0.05) is 14.8 Å². The van der Waals surface area contributed by atoms with Crippen molar-refractivity contribution in [1.29, 1.82) is 0 Å². The Morgan fingerprint density at radius 3 is 2.86 bits per heavy atom. The Balaban J connectivity index is 2.12. The lowest BCUT2D eigenvalue weighted by Crippen LogP contribution is -2.10. The molecule has 0 aliphatic heterocycles. The van der Waals surface area contributed by atoms with Gasteiger partial charge in [0.1, 0.15) is 0 Å². The van der Waals surface area contributed by atoms with Crippen LogP contribution in [0.1, 0.15) is 15.6 Å². The van der Waals surface area contributed by atoms with Crippen LogP contribution in [0.4, 0.5) is 0 Å². The number of hydrogen-bond donors (Lipinski definition) is 1. The molecule has 0 radical (unpaired) electrons. The van der Waals surface area contributed by atoms with Gasteiger partial charge in [-0.3, -0.25) is 4.79 Å². The molecule has 1 N–H and O–H groups in total. The number of aromatic amines is 1. The second-order valence-electron chi connectivity index (χ2n) is 4.52. The van der Waals surface area contributed by atoms with E-state index in [4.69, 9.17) is 23.2 Å². The van der Waals surface area contributed by atoms with Crippen LogP contribution in [-0.2, 0) is 0 Å². The second-order valence-corrected chi connectivity index (χ2v) is 6.68. The molecule has 0 amide bonds. The maximum absolute atomic E-state index is 12.0. The summed E-state index contributed by atoms with van der Waals surface area (Å²) in [7, 11) is 0. The molecule has 0 aliphatic rings. The van der Waals surface area contributed by atoms with Gasteiger partial charge in [-0.1, -0.05) is 23.2 Å². The smallest absolute Gasteiger partial charge is 0.259 e. The molecule has 6 heteroatoms. The van der Waals surface area contributed by atoms with E-state index in [0.29, 0.717) is 26.8 Å². The summed E-state index contributed by atoms with van der Waals surface area (Å²) >= 11 is 13.8. The maximum Gasteiger partial charge on any atom is 0.259 e. The van der Waals surface area contributed by atoms with Crippen molar-refractivity contribution in [2.45, 2.75) is 6.92 Å². The fourth-order valence-corrected chi connectivity index (χ4v) is 3.21. The summed E-state index contributed by atoms with van der Waals surface area (Å²) < 4.78 is 0. The van der Waals surface area contributed by atoms with Crippen LogP contribution < -0.4 is 5.56 Å². The first-order valence-electron chi connectivity index (χ1n) is 6.16. The molecule has 0 saturated heterocycles. The molecule has 3 rings (SSSR count). The molecule has 3 aromatic rings. The summed E-state index contributed by atoms with van der Waals surface area (Å²) in [5, 5.41) is 1.40. The zero-order valence-electron chi connectivity index (χ0n) is 11.0. The Morgan fingerprint density at radius 2 is 2.14 bits per heavy atom.